The van der Waals surface area contributed by atoms with Crippen molar-refractivity contribution in [1.82, 2.24) is 15.0 Å². The predicted molar refractivity (Wildman–Crippen MR) is 123 cm³/mol. The average molecular weight is 420 g/mol. The summed E-state index contributed by atoms with van der Waals surface area (Å²) in [4.78, 5) is 16.1. The largest absolute Gasteiger partial charge is 0.496 e. The highest BCUT2D eigenvalue weighted by Gasteiger charge is 2.15. The fraction of sp³-hybridized carbons (Fsp3) is 0.375. The topological polar surface area (TPSA) is 72.4 Å². The summed E-state index contributed by atoms with van der Waals surface area (Å²) in [6.45, 7) is 7.24. The molecule has 1 aromatic carbocycles. The molecule has 7 nitrogen and oxygen atoms in total. The van der Waals surface area contributed by atoms with Gasteiger partial charge in [-0.3, -0.25) is 0 Å². The number of rotatable bonds is 7. The molecular weight excluding hydrogens is 390 g/mol. The Kier molecular flexibility index (Phi) is 6.62. The van der Waals surface area contributed by atoms with Crippen LogP contribution in [0.15, 0.2) is 48.7 Å². The van der Waals surface area contributed by atoms with E-state index in [-0.39, 0.29) is 6.04 Å². The quantitative estimate of drug-likeness (QED) is 0.625. The summed E-state index contributed by atoms with van der Waals surface area (Å²) in [5, 5.41) is 3.52. The number of anilines is 2. The smallest absolute Gasteiger partial charge is 0.130 e. The molecule has 1 aliphatic rings. The molecule has 1 fully saturated rings. The Hall–Kier alpha value is -3.19. The molecule has 1 N–H and O–H groups in total. The van der Waals surface area contributed by atoms with Crippen molar-refractivity contribution >= 4 is 11.6 Å². The molecule has 4 rings (SSSR count). The molecule has 0 saturated carbocycles. The molecule has 1 aliphatic heterocycles. The van der Waals surface area contributed by atoms with Crippen LogP contribution in [0.4, 0.5) is 11.6 Å². The number of morpholine rings is 1. The van der Waals surface area contributed by atoms with Crippen LogP contribution in [0.1, 0.15) is 18.3 Å². The van der Waals surface area contributed by atoms with E-state index in [1.54, 1.807) is 7.11 Å². The third kappa shape index (κ3) is 5.30. The zero-order chi connectivity index (χ0) is 21.6. The van der Waals surface area contributed by atoms with Crippen molar-refractivity contribution in [2.45, 2.75) is 26.3 Å². The molecule has 1 atom stereocenters. The summed E-state index contributed by atoms with van der Waals surface area (Å²) >= 11 is 0. The first kappa shape index (κ1) is 21.1. The number of hydrogen-bond acceptors (Lipinski definition) is 7. The van der Waals surface area contributed by atoms with Gasteiger partial charge in [0.05, 0.1) is 26.0 Å². The van der Waals surface area contributed by atoms with Crippen LogP contribution in [-0.4, -0.2) is 54.4 Å². The van der Waals surface area contributed by atoms with E-state index in [1.165, 1.54) is 5.56 Å². The highest BCUT2D eigenvalue weighted by atomic mass is 16.5. The zero-order valence-electron chi connectivity index (χ0n) is 18.3. The van der Waals surface area contributed by atoms with Gasteiger partial charge in [-0.15, -0.1) is 0 Å². The minimum absolute atomic E-state index is 0.180. The standard InChI is InChI=1S/C24H29N5O2/c1-17(14-20-6-4-5-7-22(20)30-3)26-23-16-21(27-18(2)28-23)19-8-9-25-24(15-19)29-10-12-31-13-11-29/h4-9,15-17H,10-14H2,1-3H3,(H,26,27,28). The summed E-state index contributed by atoms with van der Waals surface area (Å²) in [5.74, 6) is 3.41. The molecule has 0 bridgehead atoms. The number of nitrogens with zero attached hydrogens (tertiary/aromatic N) is 4. The molecule has 2 aromatic heterocycles. The van der Waals surface area contributed by atoms with E-state index in [4.69, 9.17) is 9.47 Å². The molecule has 0 aliphatic carbocycles. The van der Waals surface area contributed by atoms with Gasteiger partial charge in [-0.2, -0.15) is 0 Å². The number of nitrogens with one attached hydrogen (secondary N) is 1. The van der Waals surface area contributed by atoms with Crippen LogP contribution >= 0.6 is 0 Å². The van der Waals surface area contributed by atoms with E-state index in [0.29, 0.717) is 0 Å². The van der Waals surface area contributed by atoms with E-state index in [2.05, 4.69) is 44.2 Å². The number of benzene rings is 1. The summed E-state index contributed by atoms with van der Waals surface area (Å²) in [5.41, 5.74) is 3.08. The second-order valence-corrected chi connectivity index (χ2v) is 7.75. The SMILES string of the molecule is COc1ccccc1CC(C)Nc1cc(-c2ccnc(N3CCOCC3)c2)nc(C)n1. The van der Waals surface area contributed by atoms with E-state index in [0.717, 1.165) is 67.2 Å². The van der Waals surface area contributed by atoms with Crippen LogP contribution in [0.3, 0.4) is 0 Å². The van der Waals surface area contributed by atoms with Crippen molar-refractivity contribution in [3.63, 3.8) is 0 Å². The summed E-state index contributed by atoms with van der Waals surface area (Å²) < 4.78 is 10.9. The minimum Gasteiger partial charge on any atom is -0.496 e. The average Bonchev–Trinajstić information content (AvgIpc) is 2.79. The number of aryl methyl sites for hydroxylation is 1. The molecule has 3 heterocycles. The molecule has 3 aromatic rings. The highest BCUT2D eigenvalue weighted by Crippen LogP contribution is 2.25. The van der Waals surface area contributed by atoms with Gasteiger partial charge in [0.15, 0.2) is 0 Å². The maximum absolute atomic E-state index is 5.48. The van der Waals surface area contributed by atoms with Gasteiger partial charge in [0.25, 0.3) is 0 Å². The fourth-order valence-corrected chi connectivity index (χ4v) is 3.84. The Morgan fingerprint density at radius 1 is 1.13 bits per heavy atom. The first-order valence-corrected chi connectivity index (χ1v) is 10.7. The van der Waals surface area contributed by atoms with Crippen molar-refractivity contribution in [3.8, 4) is 17.0 Å². The van der Waals surface area contributed by atoms with Crippen molar-refractivity contribution in [1.29, 1.82) is 0 Å². The van der Waals surface area contributed by atoms with Gasteiger partial charge in [0.2, 0.25) is 0 Å². The Balaban J connectivity index is 1.52. The van der Waals surface area contributed by atoms with Crippen LogP contribution in [-0.2, 0) is 11.2 Å². The van der Waals surface area contributed by atoms with Crippen molar-refractivity contribution in [2.75, 3.05) is 43.6 Å². The normalized spacial score (nSPS) is 14.9. The minimum atomic E-state index is 0.180. The number of pyridine rings is 1. The van der Waals surface area contributed by atoms with Crippen LogP contribution in [0, 0.1) is 6.92 Å². The van der Waals surface area contributed by atoms with Gasteiger partial charge in [-0.1, -0.05) is 18.2 Å². The van der Waals surface area contributed by atoms with Crippen LogP contribution in [0.25, 0.3) is 11.3 Å². The molecule has 1 unspecified atom stereocenters. The van der Waals surface area contributed by atoms with Crippen molar-refractivity contribution in [2.24, 2.45) is 0 Å². The number of methoxy groups -OCH3 is 1. The Labute approximate surface area is 183 Å². The Bertz CT molecular complexity index is 1020. The van der Waals surface area contributed by atoms with E-state index in [9.17, 15) is 0 Å². The molecule has 0 amide bonds. The summed E-state index contributed by atoms with van der Waals surface area (Å²) in [6.07, 6.45) is 2.67. The maximum atomic E-state index is 5.48. The van der Waals surface area contributed by atoms with Gasteiger partial charge in [-0.05, 0) is 44.0 Å². The molecular formula is C24H29N5O2. The van der Waals surface area contributed by atoms with Gasteiger partial charge < -0.3 is 19.7 Å². The lowest BCUT2D eigenvalue weighted by Crippen LogP contribution is -2.36. The third-order valence-corrected chi connectivity index (χ3v) is 5.33. The highest BCUT2D eigenvalue weighted by molar-refractivity contribution is 5.66. The lowest BCUT2D eigenvalue weighted by Gasteiger charge is -2.28. The maximum Gasteiger partial charge on any atom is 0.130 e. The molecule has 0 spiro atoms. The van der Waals surface area contributed by atoms with Crippen molar-refractivity contribution in [3.05, 3.63) is 60.0 Å². The first-order valence-electron chi connectivity index (χ1n) is 10.7. The number of aromatic nitrogens is 3. The Morgan fingerprint density at radius 2 is 1.94 bits per heavy atom. The van der Waals surface area contributed by atoms with Gasteiger partial charge in [0.1, 0.15) is 23.2 Å². The molecule has 7 heteroatoms. The van der Waals surface area contributed by atoms with Gasteiger partial charge in [0, 0.05) is 37.0 Å². The lowest BCUT2D eigenvalue weighted by molar-refractivity contribution is 0.122. The fourth-order valence-electron chi connectivity index (χ4n) is 3.84. The molecule has 1 saturated heterocycles. The van der Waals surface area contributed by atoms with E-state index < -0.39 is 0 Å². The first-order chi connectivity index (χ1) is 15.1. The number of ether oxygens (including phenoxy) is 2. The monoisotopic (exact) mass is 419 g/mol. The lowest BCUT2D eigenvalue weighted by atomic mass is 10.1. The Morgan fingerprint density at radius 3 is 2.74 bits per heavy atom. The van der Waals surface area contributed by atoms with Gasteiger partial charge >= 0.3 is 0 Å². The molecule has 0 radical (unpaired) electrons. The van der Waals surface area contributed by atoms with E-state index in [1.807, 2.05) is 43.5 Å². The van der Waals surface area contributed by atoms with E-state index >= 15 is 0 Å². The van der Waals surface area contributed by atoms with Crippen LogP contribution in [0.2, 0.25) is 0 Å². The summed E-state index contributed by atoms with van der Waals surface area (Å²) in [7, 11) is 1.71. The molecule has 31 heavy (non-hydrogen) atoms. The second-order valence-electron chi connectivity index (χ2n) is 7.75. The van der Waals surface area contributed by atoms with Gasteiger partial charge in [-0.25, -0.2) is 15.0 Å². The summed E-state index contributed by atoms with van der Waals surface area (Å²) in [6, 6.07) is 14.4. The number of hydrogen-bond donors (Lipinski definition) is 1. The molecule has 162 valence electrons. The van der Waals surface area contributed by atoms with Crippen molar-refractivity contribution < 1.29 is 9.47 Å². The van der Waals surface area contributed by atoms with Crippen LogP contribution < -0.4 is 15.0 Å². The van der Waals surface area contributed by atoms with Crippen LogP contribution in [0.5, 0.6) is 5.75 Å². The number of para-hydroxylation sites is 1. The second kappa shape index (κ2) is 9.75. The predicted octanol–water partition coefficient (Wildman–Crippen LogP) is 3.74. The zero-order valence-corrected chi connectivity index (χ0v) is 18.3. The third-order valence-electron chi connectivity index (χ3n) is 5.33.